The Morgan fingerprint density at radius 1 is 1.30 bits per heavy atom. The molecule has 2 aliphatic rings. The quantitative estimate of drug-likeness (QED) is 0.707. The lowest BCUT2D eigenvalue weighted by atomic mass is 10.1. The van der Waals surface area contributed by atoms with Gasteiger partial charge in [0.05, 0.1) is 35.5 Å². The van der Waals surface area contributed by atoms with Crippen molar-refractivity contribution >= 4 is 34.5 Å². The average molecular weight is 383 g/mol. The summed E-state index contributed by atoms with van der Waals surface area (Å²) in [5, 5.41) is 17.0. The zero-order chi connectivity index (χ0) is 18.4. The molecule has 0 spiro atoms. The number of rotatable bonds is 3. The van der Waals surface area contributed by atoms with Crippen LogP contribution in [0.15, 0.2) is 29.3 Å². The summed E-state index contributed by atoms with van der Waals surface area (Å²) in [6, 6.07) is 5.87. The fourth-order valence-electron chi connectivity index (χ4n) is 3.51. The molecule has 5 rings (SSSR count). The summed E-state index contributed by atoms with van der Waals surface area (Å²) in [4.78, 5) is 24.2. The van der Waals surface area contributed by atoms with E-state index < -0.39 is 11.2 Å². The maximum absolute atomic E-state index is 11.5. The van der Waals surface area contributed by atoms with Crippen LogP contribution in [0.4, 0.5) is 5.82 Å². The average Bonchev–Trinajstić information content (AvgIpc) is 3.34. The molecule has 0 aliphatic carbocycles. The van der Waals surface area contributed by atoms with Gasteiger partial charge in [-0.1, -0.05) is 12.1 Å². The van der Waals surface area contributed by atoms with Gasteiger partial charge < -0.3 is 14.7 Å². The van der Waals surface area contributed by atoms with Crippen LogP contribution in [0.1, 0.15) is 5.69 Å². The third-order valence-corrected chi connectivity index (χ3v) is 6.18. The van der Waals surface area contributed by atoms with Crippen molar-refractivity contribution in [3.05, 3.63) is 30.1 Å². The lowest BCUT2D eigenvalue weighted by Gasteiger charge is -2.29. The number of anilines is 1. The highest BCUT2D eigenvalue weighted by Crippen LogP contribution is 2.43. The number of aromatic nitrogens is 4. The van der Waals surface area contributed by atoms with Crippen molar-refractivity contribution < 1.29 is 14.6 Å². The molecule has 3 aromatic rings. The van der Waals surface area contributed by atoms with Crippen molar-refractivity contribution in [3.8, 4) is 11.4 Å². The number of hydrogen-bond donors (Lipinski definition) is 2. The van der Waals surface area contributed by atoms with Crippen LogP contribution in [0, 0.1) is 0 Å². The molecule has 2 aliphatic heterocycles. The van der Waals surface area contributed by atoms with Gasteiger partial charge in [-0.25, -0.2) is 9.97 Å². The van der Waals surface area contributed by atoms with E-state index in [2.05, 4.69) is 15.1 Å². The molecule has 0 saturated carbocycles. The van der Waals surface area contributed by atoms with E-state index >= 15 is 0 Å². The minimum Gasteiger partial charge on any atom is -0.480 e. The highest BCUT2D eigenvalue weighted by molar-refractivity contribution is 8.01. The fraction of sp³-hybridized carbons (Fsp3) is 0.333. The first-order valence-electron chi connectivity index (χ1n) is 8.76. The molecule has 2 aromatic heterocycles. The van der Waals surface area contributed by atoms with Crippen LogP contribution in [0.25, 0.3) is 22.3 Å². The summed E-state index contributed by atoms with van der Waals surface area (Å²) < 4.78 is 5.46. The summed E-state index contributed by atoms with van der Waals surface area (Å²) in [7, 11) is 0. The topological polar surface area (TPSA) is 104 Å². The Kier molecular flexibility index (Phi) is 3.98. The number of fused-ring (bicyclic) bond motifs is 2. The summed E-state index contributed by atoms with van der Waals surface area (Å²) in [5.74, 6) is 0.603. The normalized spacial score (nSPS) is 19.4. The second-order valence-corrected chi connectivity index (χ2v) is 7.74. The maximum atomic E-state index is 11.5. The number of thioether (sulfide) groups is 1. The van der Waals surface area contributed by atoms with Crippen molar-refractivity contribution in [1.82, 2.24) is 20.2 Å². The summed E-state index contributed by atoms with van der Waals surface area (Å²) in [6.07, 6.45) is 2.17. The van der Waals surface area contributed by atoms with Crippen LogP contribution < -0.4 is 4.90 Å². The standard InChI is InChI=1S/C18H17N5O3S/c24-18(25)14-8-13-15(27-14)17(23-4-6-26-7-5-23)21-16(20-13)10-2-1-3-12-11(10)9-19-22-12/h1-3,9,14H,4-8H2,(H,19,22)(H,24,25). The Balaban J connectivity index is 1.66. The van der Waals surface area contributed by atoms with Gasteiger partial charge in [0, 0.05) is 30.5 Å². The molecule has 4 heterocycles. The first kappa shape index (κ1) is 16.5. The zero-order valence-corrected chi connectivity index (χ0v) is 15.2. The van der Waals surface area contributed by atoms with Gasteiger partial charge in [-0.15, -0.1) is 11.8 Å². The first-order chi connectivity index (χ1) is 13.2. The molecule has 138 valence electrons. The number of carbonyl (C=O) groups is 1. The molecule has 0 bridgehead atoms. The third kappa shape index (κ3) is 2.83. The van der Waals surface area contributed by atoms with Crippen molar-refractivity contribution in [2.45, 2.75) is 16.6 Å². The van der Waals surface area contributed by atoms with Gasteiger partial charge in [0.1, 0.15) is 11.1 Å². The van der Waals surface area contributed by atoms with Gasteiger partial charge in [-0.2, -0.15) is 5.10 Å². The van der Waals surface area contributed by atoms with Crippen LogP contribution in [-0.4, -0.2) is 62.8 Å². The van der Waals surface area contributed by atoms with E-state index in [1.165, 1.54) is 11.8 Å². The number of hydrogen-bond acceptors (Lipinski definition) is 7. The van der Waals surface area contributed by atoms with E-state index in [1.807, 2.05) is 18.2 Å². The number of benzene rings is 1. The second-order valence-electron chi connectivity index (χ2n) is 6.53. The number of aliphatic carboxylic acids is 1. The van der Waals surface area contributed by atoms with Crippen LogP contribution in [0.5, 0.6) is 0 Å². The number of nitrogens with one attached hydrogen (secondary N) is 1. The van der Waals surface area contributed by atoms with E-state index in [0.717, 1.165) is 46.0 Å². The fourth-order valence-corrected chi connectivity index (χ4v) is 4.68. The number of morpholine rings is 1. The molecule has 8 nitrogen and oxygen atoms in total. The maximum Gasteiger partial charge on any atom is 0.317 e. The Bertz CT molecular complexity index is 1030. The predicted molar refractivity (Wildman–Crippen MR) is 101 cm³/mol. The van der Waals surface area contributed by atoms with Crippen molar-refractivity contribution in [2.24, 2.45) is 0 Å². The Hall–Kier alpha value is -2.65. The van der Waals surface area contributed by atoms with Gasteiger partial charge in [-0.05, 0) is 6.07 Å². The van der Waals surface area contributed by atoms with E-state index in [-0.39, 0.29) is 0 Å². The highest BCUT2D eigenvalue weighted by Gasteiger charge is 2.34. The Morgan fingerprint density at radius 2 is 2.15 bits per heavy atom. The predicted octanol–water partition coefficient (Wildman–Crippen LogP) is 1.96. The van der Waals surface area contributed by atoms with Crippen LogP contribution in [0.3, 0.4) is 0 Å². The highest BCUT2D eigenvalue weighted by atomic mass is 32.2. The van der Waals surface area contributed by atoms with Gasteiger partial charge >= 0.3 is 5.97 Å². The van der Waals surface area contributed by atoms with Crippen LogP contribution >= 0.6 is 11.8 Å². The molecule has 9 heteroatoms. The number of H-pyrrole nitrogens is 1. The monoisotopic (exact) mass is 383 g/mol. The van der Waals surface area contributed by atoms with Crippen molar-refractivity contribution in [2.75, 3.05) is 31.2 Å². The minimum absolute atomic E-state index is 0.406. The number of aromatic amines is 1. The molecule has 1 aromatic carbocycles. The van der Waals surface area contributed by atoms with Gasteiger partial charge in [-0.3, -0.25) is 9.89 Å². The van der Waals surface area contributed by atoms with Gasteiger partial charge in [0.15, 0.2) is 5.82 Å². The van der Waals surface area contributed by atoms with E-state index in [9.17, 15) is 9.90 Å². The van der Waals surface area contributed by atoms with Crippen LogP contribution in [-0.2, 0) is 16.0 Å². The van der Waals surface area contributed by atoms with Gasteiger partial charge in [0.25, 0.3) is 0 Å². The molecule has 27 heavy (non-hydrogen) atoms. The Morgan fingerprint density at radius 3 is 2.96 bits per heavy atom. The third-order valence-electron chi connectivity index (χ3n) is 4.87. The Labute approximate surface area is 159 Å². The lowest BCUT2D eigenvalue weighted by molar-refractivity contribution is -0.136. The largest absolute Gasteiger partial charge is 0.480 e. The van der Waals surface area contributed by atoms with Crippen molar-refractivity contribution in [1.29, 1.82) is 0 Å². The molecule has 0 radical (unpaired) electrons. The number of carboxylic acid groups (broad SMARTS) is 1. The molecule has 1 unspecified atom stereocenters. The van der Waals surface area contributed by atoms with Gasteiger partial charge in [0.2, 0.25) is 0 Å². The lowest BCUT2D eigenvalue weighted by Crippen LogP contribution is -2.37. The number of nitrogens with zero attached hydrogens (tertiary/aromatic N) is 4. The molecular weight excluding hydrogens is 366 g/mol. The number of ether oxygens (including phenoxy) is 1. The molecule has 1 fully saturated rings. The molecule has 2 N–H and O–H groups in total. The van der Waals surface area contributed by atoms with E-state index in [0.29, 0.717) is 25.5 Å². The SMILES string of the molecule is O=C(O)C1Cc2nc(-c3cccc4[nH]ncc34)nc(N3CCOCC3)c2S1. The minimum atomic E-state index is -0.815. The second kappa shape index (κ2) is 6.50. The van der Waals surface area contributed by atoms with E-state index in [4.69, 9.17) is 14.7 Å². The summed E-state index contributed by atoms with van der Waals surface area (Å²) >= 11 is 1.35. The molecule has 0 amide bonds. The number of carboxylic acids is 1. The zero-order valence-electron chi connectivity index (χ0n) is 14.4. The molecule has 1 saturated heterocycles. The molecular formula is C18H17N5O3S. The summed E-state index contributed by atoms with van der Waals surface area (Å²) in [6.45, 7) is 2.74. The summed E-state index contributed by atoms with van der Waals surface area (Å²) in [5.41, 5.74) is 2.61. The first-order valence-corrected chi connectivity index (χ1v) is 9.64. The van der Waals surface area contributed by atoms with Crippen molar-refractivity contribution in [3.63, 3.8) is 0 Å². The van der Waals surface area contributed by atoms with Crippen LogP contribution in [0.2, 0.25) is 0 Å². The van der Waals surface area contributed by atoms with E-state index in [1.54, 1.807) is 6.20 Å². The molecule has 1 atom stereocenters. The smallest absolute Gasteiger partial charge is 0.317 e.